The van der Waals surface area contributed by atoms with Gasteiger partial charge >= 0.3 is 0 Å². The van der Waals surface area contributed by atoms with Crippen molar-refractivity contribution in [2.75, 3.05) is 19.8 Å². The predicted molar refractivity (Wildman–Crippen MR) is 82.4 cm³/mol. The molecule has 0 heterocycles. The van der Waals surface area contributed by atoms with Crippen LogP contribution in [0.15, 0.2) is 18.2 Å². The van der Waals surface area contributed by atoms with Gasteiger partial charge < -0.3 is 14.8 Å². The predicted octanol–water partition coefficient (Wildman–Crippen LogP) is 3.48. The van der Waals surface area contributed by atoms with Gasteiger partial charge in [0.15, 0.2) is 0 Å². The zero-order valence-corrected chi connectivity index (χ0v) is 12.9. The maximum atomic E-state index is 5.93. The van der Waals surface area contributed by atoms with Gasteiger partial charge in [-0.05, 0) is 56.8 Å². The Morgan fingerprint density at radius 3 is 2.90 bits per heavy atom. The van der Waals surface area contributed by atoms with Gasteiger partial charge in [-0.2, -0.15) is 0 Å². The summed E-state index contributed by atoms with van der Waals surface area (Å²) in [5.41, 5.74) is 2.80. The first kappa shape index (κ1) is 15.3. The zero-order valence-electron chi connectivity index (χ0n) is 12.9. The van der Waals surface area contributed by atoms with Crippen LogP contribution in [-0.2, 0) is 11.2 Å². The van der Waals surface area contributed by atoms with Gasteiger partial charge in [-0.1, -0.05) is 19.1 Å². The maximum absolute atomic E-state index is 5.93. The van der Waals surface area contributed by atoms with Crippen molar-refractivity contribution in [3.8, 4) is 5.75 Å². The normalized spacial score (nSPS) is 18.1. The lowest BCUT2D eigenvalue weighted by Crippen LogP contribution is -2.25. The quantitative estimate of drug-likeness (QED) is 0.774. The highest BCUT2D eigenvalue weighted by Gasteiger charge is 2.21. The van der Waals surface area contributed by atoms with E-state index < -0.39 is 0 Å². The summed E-state index contributed by atoms with van der Waals surface area (Å²) in [4.78, 5) is 0. The number of nitrogens with one attached hydrogen (secondary N) is 1. The van der Waals surface area contributed by atoms with Crippen LogP contribution < -0.4 is 10.1 Å². The third-order valence-electron chi connectivity index (χ3n) is 3.71. The van der Waals surface area contributed by atoms with Gasteiger partial charge in [0.1, 0.15) is 12.4 Å². The van der Waals surface area contributed by atoms with Crippen LogP contribution in [0.2, 0.25) is 0 Å². The number of ether oxygens (including phenoxy) is 2. The molecular weight excluding hydrogens is 250 g/mol. The molecule has 0 amide bonds. The Hall–Kier alpha value is -1.06. The van der Waals surface area contributed by atoms with Crippen LogP contribution in [0.25, 0.3) is 0 Å². The molecule has 3 heteroatoms. The van der Waals surface area contributed by atoms with E-state index >= 15 is 0 Å². The van der Waals surface area contributed by atoms with Gasteiger partial charge in [0.2, 0.25) is 0 Å². The lowest BCUT2D eigenvalue weighted by atomic mass is 9.87. The standard InChI is InChI=1S/C17H27NO2/c1-4-18-16-9-5-8-15-14(16)7-6-10-17(15)20-12-11-19-13(2)3/h6-7,10,13,16,18H,4-5,8-9,11-12H2,1-3H3. The van der Waals surface area contributed by atoms with Gasteiger partial charge in [0.25, 0.3) is 0 Å². The summed E-state index contributed by atoms with van der Waals surface area (Å²) in [5.74, 6) is 1.04. The highest BCUT2D eigenvalue weighted by molar-refractivity contribution is 5.43. The summed E-state index contributed by atoms with van der Waals surface area (Å²) in [7, 11) is 0. The van der Waals surface area contributed by atoms with E-state index in [1.54, 1.807) is 0 Å². The second-order valence-corrected chi connectivity index (χ2v) is 5.59. The van der Waals surface area contributed by atoms with Gasteiger partial charge in [-0.3, -0.25) is 0 Å². The zero-order chi connectivity index (χ0) is 14.4. The summed E-state index contributed by atoms with van der Waals surface area (Å²) in [6, 6.07) is 6.91. The molecule has 0 bridgehead atoms. The Bertz CT molecular complexity index is 417. The molecule has 1 unspecified atom stereocenters. The van der Waals surface area contributed by atoms with Crippen molar-refractivity contribution >= 4 is 0 Å². The summed E-state index contributed by atoms with van der Waals surface area (Å²) >= 11 is 0. The van der Waals surface area contributed by atoms with Crippen molar-refractivity contribution in [3.63, 3.8) is 0 Å². The summed E-state index contributed by atoms with van der Waals surface area (Å²) in [6.45, 7) is 8.55. The van der Waals surface area contributed by atoms with Crippen molar-refractivity contribution in [2.45, 2.75) is 52.2 Å². The summed E-state index contributed by atoms with van der Waals surface area (Å²) in [6.07, 6.45) is 3.84. The Morgan fingerprint density at radius 2 is 2.15 bits per heavy atom. The first-order valence-electron chi connectivity index (χ1n) is 7.82. The third-order valence-corrected chi connectivity index (χ3v) is 3.71. The molecule has 0 fully saturated rings. The van der Waals surface area contributed by atoms with E-state index in [0.29, 0.717) is 19.3 Å². The van der Waals surface area contributed by atoms with E-state index in [-0.39, 0.29) is 6.10 Å². The monoisotopic (exact) mass is 277 g/mol. The van der Waals surface area contributed by atoms with E-state index in [9.17, 15) is 0 Å². The van der Waals surface area contributed by atoms with Crippen molar-refractivity contribution in [3.05, 3.63) is 29.3 Å². The Kier molecular flexibility index (Phi) is 5.86. The molecule has 0 aliphatic heterocycles. The molecule has 1 N–H and O–H groups in total. The van der Waals surface area contributed by atoms with E-state index in [1.165, 1.54) is 24.0 Å². The van der Waals surface area contributed by atoms with E-state index in [2.05, 4.69) is 30.4 Å². The SMILES string of the molecule is CCNC1CCCc2c(OCCOC(C)C)cccc21. The molecule has 112 valence electrons. The number of benzene rings is 1. The van der Waals surface area contributed by atoms with Crippen LogP contribution in [-0.4, -0.2) is 25.9 Å². The topological polar surface area (TPSA) is 30.5 Å². The lowest BCUT2D eigenvalue weighted by molar-refractivity contribution is 0.0550. The molecule has 0 aromatic heterocycles. The molecule has 0 radical (unpaired) electrons. The molecule has 0 spiro atoms. The highest BCUT2D eigenvalue weighted by Crippen LogP contribution is 2.35. The minimum Gasteiger partial charge on any atom is -0.491 e. The number of rotatable bonds is 7. The Balaban J connectivity index is 2.01. The van der Waals surface area contributed by atoms with Crippen LogP contribution >= 0.6 is 0 Å². The van der Waals surface area contributed by atoms with Crippen molar-refractivity contribution < 1.29 is 9.47 Å². The average Bonchev–Trinajstić information content (AvgIpc) is 2.44. The van der Waals surface area contributed by atoms with Gasteiger partial charge in [0.05, 0.1) is 12.7 Å². The van der Waals surface area contributed by atoms with E-state index in [0.717, 1.165) is 18.7 Å². The average molecular weight is 277 g/mol. The number of fused-ring (bicyclic) bond motifs is 1. The first-order valence-corrected chi connectivity index (χ1v) is 7.82. The minimum absolute atomic E-state index is 0.265. The fourth-order valence-electron chi connectivity index (χ4n) is 2.84. The van der Waals surface area contributed by atoms with Crippen LogP contribution in [0.1, 0.15) is 50.8 Å². The molecule has 0 saturated carbocycles. The Labute approximate surface area is 122 Å². The largest absolute Gasteiger partial charge is 0.491 e. The molecule has 1 aliphatic carbocycles. The highest BCUT2D eigenvalue weighted by atomic mass is 16.5. The maximum Gasteiger partial charge on any atom is 0.122 e. The molecule has 1 aliphatic rings. The molecule has 1 aromatic carbocycles. The van der Waals surface area contributed by atoms with Crippen molar-refractivity contribution in [1.29, 1.82) is 0 Å². The molecule has 1 aromatic rings. The smallest absolute Gasteiger partial charge is 0.122 e. The fourth-order valence-corrected chi connectivity index (χ4v) is 2.84. The minimum atomic E-state index is 0.265. The third kappa shape index (κ3) is 3.97. The van der Waals surface area contributed by atoms with Crippen LogP contribution in [0.3, 0.4) is 0 Å². The molecule has 1 atom stereocenters. The molecule has 2 rings (SSSR count). The van der Waals surface area contributed by atoms with Gasteiger partial charge in [-0.15, -0.1) is 0 Å². The molecular formula is C17H27NO2. The summed E-state index contributed by atoms with van der Waals surface area (Å²) in [5, 5.41) is 3.57. The Morgan fingerprint density at radius 1 is 1.30 bits per heavy atom. The van der Waals surface area contributed by atoms with Crippen LogP contribution in [0.4, 0.5) is 0 Å². The van der Waals surface area contributed by atoms with Crippen LogP contribution in [0.5, 0.6) is 5.75 Å². The van der Waals surface area contributed by atoms with Gasteiger partial charge in [0, 0.05) is 6.04 Å². The first-order chi connectivity index (χ1) is 9.72. The molecule has 20 heavy (non-hydrogen) atoms. The lowest BCUT2D eigenvalue weighted by Gasteiger charge is -2.27. The number of hydrogen-bond acceptors (Lipinski definition) is 3. The molecule has 3 nitrogen and oxygen atoms in total. The van der Waals surface area contributed by atoms with Crippen molar-refractivity contribution in [1.82, 2.24) is 5.32 Å². The summed E-state index contributed by atoms with van der Waals surface area (Å²) < 4.78 is 11.5. The van der Waals surface area contributed by atoms with Crippen LogP contribution in [0, 0.1) is 0 Å². The van der Waals surface area contributed by atoms with E-state index in [4.69, 9.17) is 9.47 Å². The van der Waals surface area contributed by atoms with Crippen molar-refractivity contribution in [2.24, 2.45) is 0 Å². The van der Waals surface area contributed by atoms with Gasteiger partial charge in [-0.25, -0.2) is 0 Å². The fraction of sp³-hybridized carbons (Fsp3) is 0.647. The molecule has 0 saturated heterocycles. The second kappa shape index (κ2) is 7.65. The second-order valence-electron chi connectivity index (χ2n) is 5.59. The number of hydrogen-bond donors (Lipinski definition) is 1. The van der Waals surface area contributed by atoms with E-state index in [1.807, 2.05) is 13.8 Å².